The van der Waals surface area contributed by atoms with Crippen LogP contribution in [-0.4, -0.2) is 64.8 Å². The van der Waals surface area contributed by atoms with Crippen LogP contribution in [0.15, 0.2) is 70.3 Å². The molecule has 0 saturated heterocycles. The van der Waals surface area contributed by atoms with Crippen molar-refractivity contribution in [2.45, 2.75) is 39.3 Å². The number of ether oxygens (including phenoxy) is 2. The van der Waals surface area contributed by atoms with Crippen molar-refractivity contribution < 1.29 is 19.1 Å². The second kappa shape index (κ2) is 14.8. The Balaban J connectivity index is 1.62. The molecule has 0 fully saturated rings. The highest BCUT2D eigenvalue weighted by Gasteiger charge is 2.26. The van der Waals surface area contributed by atoms with Crippen molar-refractivity contribution in [1.29, 1.82) is 0 Å². The summed E-state index contributed by atoms with van der Waals surface area (Å²) in [6.45, 7) is 7.54. The number of nitrogens with one attached hydrogen (secondary N) is 1. The maximum atomic E-state index is 13.6. The van der Waals surface area contributed by atoms with E-state index >= 15 is 0 Å². The van der Waals surface area contributed by atoms with E-state index in [9.17, 15) is 19.2 Å². The number of aryl methyl sites for hydroxylation is 1. The fourth-order valence-electron chi connectivity index (χ4n) is 4.70. The fourth-order valence-corrected chi connectivity index (χ4v) is 5.27. The predicted octanol–water partition coefficient (Wildman–Crippen LogP) is 4.62. The molecule has 4 aromatic rings. The molecule has 0 spiro atoms. The Bertz CT molecular complexity index is 1800. The van der Waals surface area contributed by atoms with E-state index < -0.39 is 35.3 Å². The Morgan fingerprint density at radius 2 is 1.67 bits per heavy atom. The zero-order valence-corrected chi connectivity index (χ0v) is 27.3. The SMILES string of the molecule is CCN(C)CCOc1ccc2c(c1)c(=O)n(-c1ccc(C[C@H](NC(=O)c3c(Cl)cccc3Cl)C(=O)OC(C)C)cc1)c(=O)n2C. The van der Waals surface area contributed by atoms with Crippen LogP contribution in [0.3, 0.4) is 0 Å². The first kappa shape index (κ1) is 33.8. The van der Waals surface area contributed by atoms with Crippen molar-refractivity contribution in [2.75, 3.05) is 26.7 Å². The summed E-state index contributed by atoms with van der Waals surface area (Å²) in [4.78, 5) is 55.1. The average molecular weight is 656 g/mol. The van der Waals surface area contributed by atoms with Crippen LogP contribution >= 0.6 is 23.2 Å². The summed E-state index contributed by atoms with van der Waals surface area (Å²) in [5.41, 5.74) is 0.521. The summed E-state index contributed by atoms with van der Waals surface area (Å²) in [5, 5.41) is 3.31. The number of fused-ring (bicyclic) bond motifs is 1. The first-order valence-corrected chi connectivity index (χ1v) is 15.3. The van der Waals surface area contributed by atoms with E-state index in [0.717, 1.165) is 17.7 Å². The van der Waals surface area contributed by atoms with Gasteiger partial charge in [0.15, 0.2) is 0 Å². The molecular weight excluding hydrogens is 619 g/mol. The van der Waals surface area contributed by atoms with Gasteiger partial charge < -0.3 is 19.7 Å². The normalized spacial score (nSPS) is 12.0. The van der Waals surface area contributed by atoms with Crippen molar-refractivity contribution in [1.82, 2.24) is 19.4 Å². The smallest absolute Gasteiger partial charge is 0.335 e. The molecule has 0 bridgehead atoms. The van der Waals surface area contributed by atoms with Crippen LogP contribution in [0.25, 0.3) is 16.6 Å². The molecule has 1 N–H and O–H groups in total. The lowest BCUT2D eigenvalue weighted by molar-refractivity contribution is -0.149. The maximum Gasteiger partial charge on any atom is 0.335 e. The third-order valence-corrected chi connectivity index (χ3v) is 7.92. The van der Waals surface area contributed by atoms with Crippen molar-refractivity contribution in [3.05, 3.63) is 103 Å². The minimum absolute atomic E-state index is 0.0481. The predicted molar refractivity (Wildman–Crippen MR) is 176 cm³/mol. The number of amides is 1. The van der Waals surface area contributed by atoms with Gasteiger partial charge in [-0.3, -0.25) is 14.2 Å². The summed E-state index contributed by atoms with van der Waals surface area (Å²) < 4.78 is 13.8. The molecule has 1 amide bonds. The number of nitrogens with zero attached hydrogens (tertiary/aromatic N) is 3. The zero-order chi connectivity index (χ0) is 32.8. The van der Waals surface area contributed by atoms with Gasteiger partial charge in [0.1, 0.15) is 18.4 Å². The molecule has 0 aliphatic rings. The molecule has 0 aliphatic carbocycles. The zero-order valence-electron chi connectivity index (χ0n) is 25.8. The van der Waals surface area contributed by atoms with Gasteiger partial charge in [0.05, 0.1) is 38.3 Å². The third kappa shape index (κ3) is 7.94. The lowest BCUT2D eigenvalue weighted by Gasteiger charge is -2.20. The van der Waals surface area contributed by atoms with Crippen LogP contribution in [0.2, 0.25) is 10.0 Å². The van der Waals surface area contributed by atoms with Crippen LogP contribution in [0, 0.1) is 0 Å². The minimum atomic E-state index is -1.06. The molecule has 1 aromatic heterocycles. The van der Waals surface area contributed by atoms with Crippen molar-refractivity contribution in [3.63, 3.8) is 0 Å². The fraction of sp³-hybridized carbons (Fsp3) is 0.333. The molecule has 45 heavy (non-hydrogen) atoms. The Hall–Kier alpha value is -4.12. The van der Waals surface area contributed by atoms with Crippen LogP contribution in [0.1, 0.15) is 36.7 Å². The van der Waals surface area contributed by atoms with Crippen molar-refractivity contribution >= 4 is 46.0 Å². The van der Waals surface area contributed by atoms with E-state index in [-0.39, 0.29) is 22.0 Å². The third-order valence-electron chi connectivity index (χ3n) is 7.29. The molecule has 0 saturated carbocycles. The topological polar surface area (TPSA) is 112 Å². The lowest BCUT2D eigenvalue weighted by atomic mass is 10.0. The second-order valence-electron chi connectivity index (χ2n) is 10.9. The Kier molecular flexibility index (Phi) is 11.1. The number of rotatable bonds is 12. The van der Waals surface area contributed by atoms with E-state index in [1.54, 1.807) is 69.4 Å². The van der Waals surface area contributed by atoms with Gasteiger partial charge in [0.2, 0.25) is 0 Å². The molecule has 0 radical (unpaired) electrons. The van der Waals surface area contributed by atoms with Gasteiger partial charge in [-0.2, -0.15) is 0 Å². The average Bonchev–Trinajstić information content (AvgIpc) is 3.00. The maximum absolute atomic E-state index is 13.6. The van der Waals surface area contributed by atoms with E-state index in [1.807, 2.05) is 7.05 Å². The van der Waals surface area contributed by atoms with E-state index in [1.165, 1.54) is 16.7 Å². The first-order chi connectivity index (χ1) is 21.4. The summed E-state index contributed by atoms with van der Waals surface area (Å²) in [6.07, 6.45) is -0.346. The highest BCUT2D eigenvalue weighted by molar-refractivity contribution is 6.39. The Labute approximate surface area is 271 Å². The van der Waals surface area contributed by atoms with E-state index in [0.29, 0.717) is 34.5 Å². The van der Waals surface area contributed by atoms with E-state index in [4.69, 9.17) is 32.7 Å². The summed E-state index contributed by atoms with van der Waals surface area (Å²) in [7, 11) is 3.60. The van der Waals surface area contributed by atoms with Gasteiger partial charge in [-0.15, -0.1) is 0 Å². The van der Waals surface area contributed by atoms with Gasteiger partial charge >= 0.3 is 11.7 Å². The first-order valence-electron chi connectivity index (χ1n) is 14.5. The Morgan fingerprint density at radius 1 is 1.00 bits per heavy atom. The minimum Gasteiger partial charge on any atom is -0.492 e. The Morgan fingerprint density at radius 3 is 2.29 bits per heavy atom. The van der Waals surface area contributed by atoms with Crippen LogP contribution in [0.4, 0.5) is 0 Å². The second-order valence-corrected chi connectivity index (χ2v) is 11.7. The van der Waals surface area contributed by atoms with Crippen molar-refractivity contribution in [2.24, 2.45) is 7.05 Å². The molecule has 0 unspecified atom stereocenters. The molecular formula is C33H36Cl2N4O6. The monoisotopic (exact) mass is 654 g/mol. The molecule has 4 rings (SSSR count). The van der Waals surface area contributed by atoms with Crippen LogP contribution in [0.5, 0.6) is 5.75 Å². The van der Waals surface area contributed by atoms with Gasteiger partial charge in [0, 0.05) is 20.0 Å². The number of hydrogen-bond acceptors (Lipinski definition) is 7. The van der Waals surface area contributed by atoms with Gasteiger partial charge in [-0.25, -0.2) is 14.2 Å². The summed E-state index contributed by atoms with van der Waals surface area (Å²) in [6, 6.07) is 15.3. The standard InChI is InChI=1S/C33H36Cl2N4O6/c1-6-37(4)16-17-44-23-14-15-28-24(19-23)31(41)39(33(43)38(28)5)22-12-10-21(11-13-22)18-27(32(42)45-20(2)3)36-30(40)29-25(34)8-7-9-26(29)35/h7-15,19-20,27H,6,16-18H2,1-5H3,(H,36,40)/t27-/m0/s1. The molecule has 1 atom stereocenters. The lowest BCUT2D eigenvalue weighted by Crippen LogP contribution is -2.44. The molecule has 1 heterocycles. The highest BCUT2D eigenvalue weighted by atomic mass is 35.5. The molecule has 238 valence electrons. The molecule has 10 nitrogen and oxygen atoms in total. The van der Waals surface area contributed by atoms with Crippen molar-refractivity contribution in [3.8, 4) is 11.4 Å². The van der Waals surface area contributed by atoms with Gasteiger partial charge in [0.25, 0.3) is 11.5 Å². The number of esters is 1. The summed E-state index contributed by atoms with van der Waals surface area (Å²) in [5.74, 6) is -0.728. The number of aromatic nitrogens is 2. The van der Waals surface area contributed by atoms with E-state index in [2.05, 4.69) is 17.1 Å². The van der Waals surface area contributed by atoms with Crippen LogP contribution < -0.4 is 21.3 Å². The largest absolute Gasteiger partial charge is 0.492 e. The number of hydrogen-bond donors (Lipinski definition) is 1. The number of likely N-dealkylation sites (N-methyl/N-ethyl adjacent to an activating group) is 1. The van der Waals surface area contributed by atoms with Gasteiger partial charge in [-0.05, 0) is 75.5 Å². The summed E-state index contributed by atoms with van der Waals surface area (Å²) >= 11 is 12.4. The molecule has 12 heteroatoms. The number of carbonyl (C=O) groups excluding carboxylic acids is 2. The number of carbonyl (C=O) groups is 2. The highest BCUT2D eigenvalue weighted by Crippen LogP contribution is 2.24. The molecule has 3 aromatic carbocycles. The van der Waals surface area contributed by atoms with Crippen LogP contribution in [-0.2, 0) is 23.0 Å². The van der Waals surface area contributed by atoms with Gasteiger partial charge in [-0.1, -0.05) is 48.3 Å². The quantitative estimate of drug-likeness (QED) is 0.222. The molecule has 0 aliphatic heterocycles. The number of benzene rings is 3. The number of halogens is 2.